The van der Waals surface area contributed by atoms with Gasteiger partial charge in [-0.2, -0.15) is 0 Å². The zero-order valence-electron chi connectivity index (χ0n) is 11.9. The number of hydrogen-bond donors (Lipinski definition) is 1. The van der Waals surface area contributed by atoms with Crippen molar-refractivity contribution in [3.05, 3.63) is 76.0 Å². The van der Waals surface area contributed by atoms with E-state index in [1.54, 1.807) is 12.1 Å². The summed E-state index contributed by atoms with van der Waals surface area (Å²) >= 11 is 7.53. The zero-order chi connectivity index (χ0) is 15.8. The summed E-state index contributed by atoms with van der Waals surface area (Å²) in [5.74, 6) is 0.534. The summed E-state index contributed by atoms with van der Waals surface area (Å²) < 4.78 is 0. The molecule has 0 unspecified atom stereocenters. The highest BCUT2D eigenvalue weighted by Gasteiger charge is 2.11. The molecule has 0 saturated carbocycles. The Balaban J connectivity index is 1.89. The minimum atomic E-state index is -0.136. The molecular formula is C18H11ClN2OS. The van der Waals surface area contributed by atoms with E-state index in [1.165, 1.54) is 11.3 Å². The van der Waals surface area contributed by atoms with Crippen LogP contribution in [0.3, 0.4) is 0 Å². The quantitative estimate of drug-likeness (QED) is 0.560. The summed E-state index contributed by atoms with van der Waals surface area (Å²) in [6.07, 6.45) is 0. The molecule has 23 heavy (non-hydrogen) atoms. The molecule has 0 radical (unpaired) electrons. The monoisotopic (exact) mass is 338 g/mol. The molecule has 0 fully saturated rings. The van der Waals surface area contributed by atoms with E-state index in [2.05, 4.69) is 9.97 Å². The molecule has 0 saturated heterocycles. The van der Waals surface area contributed by atoms with Crippen molar-refractivity contribution < 1.29 is 0 Å². The van der Waals surface area contributed by atoms with Crippen molar-refractivity contribution in [1.29, 1.82) is 0 Å². The lowest BCUT2D eigenvalue weighted by atomic mass is 10.2. The second kappa shape index (κ2) is 5.65. The van der Waals surface area contributed by atoms with Crippen molar-refractivity contribution in [2.45, 2.75) is 0 Å². The molecule has 0 atom stereocenters. The molecule has 1 N–H and O–H groups in total. The van der Waals surface area contributed by atoms with Crippen LogP contribution in [0.4, 0.5) is 0 Å². The van der Waals surface area contributed by atoms with Crippen LogP contribution in [0.15, 0.2) is 65.5 Å². The number of rotatable bonds is 2. The summed E-state index contributed by atoms with van der Waals surface area (Å²) in [6.45, 7) is 0. The summed E-state index contributed by atoms with van der Waals surface area (Å²) in [4.78, 5) is 21.6. The lowest BCUT2D eigenvalue weighted by Gasteiger charge is -2.01. The van der Waals surface area contributed by atoms with Crippen molar-refractivity contribution in [1.82, 2.24) is 9.97 Å². The van der Waals surface area contributed by atoms with E-state index in [-0.39, 0.29) is 5.56 Å². The van der Waals surface area contributed by atoms with Crippen LogP contribution in [0.5, 0.6) is 0 Å². The molecule has 4 rings (SSSR count). The Bertz CT molecular complexity index is 1050. The zero-order valence-corrected chi connectivity index (χ0v) is 13.5. The van der Waals surface area contributed by atoms with Crippen LogP contribution >= 0.6 is 22.9 Å². The van der Waals surface area contributed by atoms with E-state index < -0.39 is 0 Å². The molecule has 4 aromatic rings. The molecule has 0 aliphatic carbocycles. The maximum absolute atomic E-state index is 12.4. The van der Waals surface area contributed by atoms with E-state index in [0.717, 1.165) is 20.8 Å². The Kier molecular flexibility index (Phi) is 3.48. The van der Waals surface area contributed by atoms with E-state index in [1.807, 2.05) is 48.5 Å². The number of H-pyrrole nitrogens is 1. The van der Waals surface area contributed by atoms with Gasteiger partial charge in [-0.25, -0.2) is 4.98 Å². The maximum Gasteiger partial charge on any atom is 0.259 e. The summed E-state index contributed by atoms with van der Waals surface area (Å²) in [7, 11) is 0. The van der Waals surface area contributed by atoms with Crippen molar-refractivity contribution in [2.75, 3.05) is 0 Å². The van der Waals surface area contributed by atoms with Crippen LogP contribution < -0.4 is 5.56 Å². The van der Waals surface area contributed by atoms with Gasteiger partial charge >= 0.3 is 0 Å². The van der Waals surface area contributed by atoms with Gasteiger partial charge in [-0.3, -0.25) is 4.79 Å². The van der Waals surface area contributed by atoms with Crippen LogP contribution in [-0.2, 0) is 0 Å². The molecule has 5 heteroatoms. The number of halogens is 1. The van der Waals surface area contributed by atoms with E-state index in [0.29, 0.717) is 16.2 Å². The van der Waals surface area contributed by atoms with Crippen LogP contribution in [0.1, 0.15) is 0 Å². The van der Waals surface area contributed by atoms with E-state index in [9.17, 15) is 4.79 Å². The number of thiophene rings is 1. The van der Waals surface area contributed by atoms with Crippen molar-refractivity contribution in [3.8, 4) is 21.8 Å². The number of fused-ring (bicyclic) bond motifs is 1. The Morgan fingerprint density at radius 2 is 1.74 bits per heavy atom. The van der Waals surface area contributed by atoms with Gasteiger partial charge in [0.15, 0.2) is 0 Å². The number of nitrogens with one attached hydrogen (secondary N) is 1. The second-order valence-electron chi connectivity index (χ2n) is 5.12. The standard InChI is InChI=1S/C18H11ClN2OS/c19-13-8-4-7-12(9-13)16-20-17(22)14-10-15(23-18(14)21-16)11-5-2-1-3-6-11/h1-10H,(H,20,21,22). The molecule has 0 aliphatic heterocycles. The van der Waals surface area contributed by atoms with Gasteiger partial charge in [0.25, 0.3) is 5.56 Å². The Labute approximate surface area is 141 Å². The molecular weight excluding hydrogens is 328 g/mol. The van der Waals surface area contributed by atoms with Crippen LogP contribution in [0.2, 0.25) is 5.02 Å². The van der Waals surface area contributed by atoms with Crippen LogP contribution in [0.25, 0.3) is 32.0 Å². The highest BCUT2D eigenvalue weighted by Crippen LogP contribution is 2.31. The molecule has 2 heterocycles. The topological polar surface area (TPSA) is 45.8 Å². The third kappa shape index (κ3) is 2.67. The Morgan fingerprint density at radius 1 is 0.957 bits per heavy atom. The molecule has 0 amide bonds. The number of hydrogen-bond acceptors (Lipinski definition) is 3. The Morgan fingerprint density at radius 3 is 2.52 bits per heavy atom. The first kappa shape index (κ1) is 14.2. The third-order valence-electron chi connectivity index (χ3n) is 3.56. The van der Waals surface area contributed by atoms with Gasteiger partial charge in [-0.15, -0.1) is 11.3 Å². The van der Waals surface area contributed by atoms with Crippen molar-refractivity contribution in [2.24, 2.45) is 0 Å². The summed E-state index contributed by atoms with van der Waals surface area (Å²) in [6, 6.07) is 19.2. The van der Waals surface area contributed by atoms with Gasteiger partial charge < -0.3 is 4.98 Å². The first-order valence-corrected chi connectivity index (χ1v) is 8.25. The molecule has 3 nitrogen and oxygen atoms in total. The van der Waals surface area contributed by atoms with Gasteiger partial charge in [-0.1, -0.05) is 54.1 Å². The molecule has 0 aliphatic rings. The first-order valence-electron chi connectivity index (χ1n) is 7.06. The number of aromatic nitrogens is 2. The fourth-order valence-corrected chi connectivity index (χ4v) is 3.68. The molecule has 0 bridgehead atoms. The molecule has 112 valence electrons. The largest absolute Gasteiger partial charge is 0.306 e. The fourth-order valence-electron chi connectivity index (χ4n) is 2.45. The number of nitrogens with zero attached hydrogens (tertiary/aromatic N) is 1. The smallest absolute Gasteiger partial charge is 0.259 e. The normalized spacial score (nSPS) is 11.0. The van der Waals surface area contributed by atoms with Crippen molar-refractivity contribution in [3.63, 3.8) is 0 Å². The van der Waals surface area contributed by atoms with E-state index >= 15 is 0 Å². The minimum absolute atomic E-state index is 0.136. The predicted octanol–water partition coefficient (Wildman–Crippen LogP) is 4.97. The summed E-state index contributed by atoms with van der Waals surface area (Å²) in [5.41, 5.74) is 1.74. The van der Waals surface area contributed by atoms with E-state index in [4.69, 9.17) is 11.6 Å². The SMILES string of the molecule is O=c1[nH]c(-c2cccc(Cl)c2)nc2sc(-c3ccccc3)cc12. The second-order valence-corrected chi connectivity index (χ2v) is 6.59. The first-order chi connectivity index (χ1) is 11.2. The average Bonchev–Trinajstić information content (AvgIpc) is 3.00. The minimum Gasteiger partial charge on any atom is -0.306 e. The van der Waals surface area contributed by atoms with Gasteiger partial charge in [0.05, 0.1) is 5.39 Å². The van der Waals surface area contributed by atoms with Gasteiger partial charge in [0, 0.05) is 15.5 Å². The molecule has 2 aromatic heterocycles. The average molecular weight is 339 g/mol. The van der Waals surface area contributed by atoms with Crippen molar-refractivity contribution >= 4 is 33.2 Å². The number of benzene rings is 2. The molecule has 0 spiro atoms. The Hall–Kier alpha value is -2.43. The maximum atomic E-state index is 12.4. The lowest BCUT2D eigenvalue weighted by molar-refractivity contribution is 1.19. The predicted molar refractivity (Wildman–Crippen MR) is 96.1 cm³/mol. The van der Waals surface area contributed by atoms with Crippen LogP contribution in [-0.4, -0.2) is 9.97 Å². The highest BCUT2D eigenvalue weighted by molar-refractivity contribution is 7.21. The highest BCUT2D eigenvalue weighted by atomic mass is 35.5. The molecule has 2 aromatic carbocycles. The third-order valence-corrected chi connectivity index (χ3v) is 4.87. The fraction of sp³-hybridized carbons (Fsp3) is 0. The van der Waals surface area contributed by atoms with Gasteiger partial charge in [-0.05, 0) is 23.8 Å². The summed E-state index contributed by atoms with van der Waals surface area (Å²) in [5, 5.41) is 1.22. The number of aromatic amines is 1. The van der Waals surface area contributed by atoms with Crippen LogP contribution in [0, 0.1) is 0 Å². The van der Waals surface area contributed by atoms with Gasteiger partial charge in [0.2, 0.25) is 0 Å². The van der Waals surface area contributed by atoms with Gasteiger partial charge in [0.1, 0.15) is 10.7 Å². The lowest BCUT2D eigenvalue weighted by Crippen LogP contribution is -2.07.